The van der Waals surface area contributed by atoms with Crippen LogP contribution in [0.2, 0.25) is 5.02 Å². The summed E-state index contributed by atoms with van der Waals surface area (Å²) in [6, 6.07) is 12.1. The second kappa shape index (κ2) is 6.05. The van der Waals surface area contributed by atoms with Gasteiger partial charge in [-0.1, -0.05) is 35.9 Å². The number of rotatable bonds is 4. The van der Waals surface area contributed by atoms with Crippen LogP contribution >= 0.6 is 11.6 Å². The Bertz CT molecular complexity index is 760. The molecule has 2 aromatic carbocycles. The quantitative estimate of drug-likeness (QED) is 0.940. The minimum atomic E-state index is -3.73. The molecule has 0 radical (unpaired) electrons. The normalized spacial score (nSPS) is 11.4. The summed E-state index contributed by atoms with van der Waals surface area (Å²) in [6.45, 7) is 2.12. The van der Waals surface area contributed by atoms with Crippen molar-refractivity contribution in [1.82, 2.24) is 0 Å². The first-order valence-electron chi connectivity index (χ1n) is 6.41. The molecule has 0 fully saturated rings. The maximum absolute atomic E-state index is 12.8. The molecule has 0 heterocycles. The Kier molecular flexibility index (Phi) is 4.56. The number of anilines is 1. The van der Waals surface area contributed by atoms with E-state index in [0.29, 0.717) is 5.69 Å². The monoisotopic (exact) mass is 324 g/mol. The SMILES string of the molecule is Cc1ccccc1N(C)S(=O)(=O)c1cc(CN)ccc1Cl. The summed E-state index contributed by atoms with van der Waals surface area (Å²) in [5.41, 5.74) is 7.78. The van der Waals surface area contributed by atoms with E-state index in [1.165, 1.54) is 17.4 Å². The highest BCUT2D eigenvalue weighted by atomic mass is 35.5. The predicted octanol–water partition coefficient (Wildman–Crippen LogP) is 2.93. The van der Waals surface area contributed by atoms with Gasteiger partial charge in [0.1, 0.15) is 4.90 Å². The summed E-state index contributed by atoms with van der Waals surface area (Å²) in [5, 5.41) is 0.188. The molecule has 0 amide bonds. The molecule has 0 aliphatic rings. The average Bonchev–Trinajstić information content (AvgIpc) is 2.47. The van der Waals surface area contributed by atoms with Gasteiger partial charge in [0, 0.05) is 13.6 Å². The molecular weight excluding hydrogens is 308 g/mol. The summed E-state index contributed by atoms with van der Waals surface area (Å²) in [5.74, 6) is 0. The molecule has 2 rings (SSSR count). The van der Waals surface area contributed by atoms with Crippen LogP contribution in [0, 0.1) is 6.92 Å². The molecule has 0 spiro atoms. The summed E-state index contributed by atoms with van der Waals surface area (Å²) >= 11 is 6.06. The van der Waals surface area contributed by atoms with Gasteiger partial charge in [0.25, 0.3) is 10.0 Å². The van der Waals surface area contributed by atoms with E-state index in [-0.39, 0.29) is 16.5 Å². The zero-order valence-corrected chi connectivity index (χ0v) is 13.4. The summed E-state index contributed by atoms with van der Waals surface area (Å²) < 4.78 is 26.8. The van der Waals surface area contributed by atoms with Crippen LogP contribution in [0.1, 0.15) is 11.1 Å². The number of para-hydroxylation sites is 1. The Hall–Kier alpha value is -1.56. The molecule has 0 bridgehead atoms. The van der Waals surface area contributed by atoms with Crippen molar-refractivity contribution >= 4 is 27.3 Å². The number of nitrogens with two attached hydrogens (primary N) is 1. The molecule has 0 unspecified atom stereocenters. The van der Waals surface area contributed by atoms with E-state index in [1.54, 1.807) is 24.3 Å². The Balaban J connectivity index is 2.54. The van der Waals surface area contributed by atoms with E-state index >= 15 is 0 Å². The molecule has 6 heteroatoms. The lowest BCUT2D eigenvalue weighted by atomic mass is 10.2. The molecule has 0 saturated heterocycles. The van der Waals surface area contributed by atoms with Crippen molar-refractivity contribution in [2.75, 3.05) is 11.4 Å². The van der Waals surface area contributed by atoms with Crippen LogP contribution in [0.5, 0.6) is 0 Å². The summed E-state index contributed by atoms with van der Waals surface area (Å²) in [6.07, 6.45) is 0. The van der Waals surface area contributed by atoms with Gasteiger partial charge in [-0.2, -0.15) is 0 Å². The Labute approximate surface area is 130 Å². The van der Waals surface area contributed by atoms with E-state index in [1.807, 2.05) is 19.1 Å². The Morgan fingerprint density at radius 2 is 1.86 bits per heavy atom. The number of nitrogens with zero attached hydrogens (tertiary/aromatic N) is 1. The molecule has 4 nitrogen and oxygen atoms in total. The van der Waals surface area contributed by atoms with Crippen molar-refractivity contribution in [1.29, 1.82) is 0 Å². The lowest BCUT2D eigenvalue weighted by Crippen LogP contribution is -2.27. The highest BCUT2D eigenvalue weighted by molar-refractivity contribution is 7.93. The van der Waals surface area contributed by atoms with Crippen molar-refractivity contribution in [3.63, 3.8) is 0 Å². The summed E-state index contributed by atoms with van der Waals surface area (Å²) in [7, 11) is -2.21. The molecule has 0 saturated carbocycles. The van der Waals surface area contributed by atoms with E-state index < -0.39 is 10.0 Å². The third-order valence-electron chi connectivity index (χ3n) is 3.32. The standard InChI is InChI=1S/C15H17ClN2O2S/c1-11-5-3-4-6-14(11)18(2)21(19,20)15-9-12(10-17)7-8-13(15)16/h3-9H,10,17H2,1-2H3. The fourth-order valence-electron chi connectivity index (χ4n) is 2.07. The third kappa shape index (κ3) is 3.05. The molecule has 0 aliphatic heterocycles. The van der Waals surface area contributed by atoms with E-state index in [0.717, 1.165) is 11.1 Å². The second-order valence-electron chi connectivity index (χ2n) is 4.73. The van der Waals surface area contributed by atoms with Crippen LogP contribution in [0.15, 0.2) is 47.4 Å². The minimum Gasteiger partial charge on any atom is -0.326 e. The largest absolute Gasteiger partial charge is 0.326 e. The molecule has 0 atom stereocenters. The van der Waals surface area contributed by atoms with Gasteiger partial charge in [-0.05, 0) is 36.2 Å². The first-order valence-corrected chi connectivity index (χ1v) is 8.23. The van der Waals surface area contributed by atoms with Gasteiger partial charge in [-0.25, -0.2) is 8.42 Å². The van der Waals surface area contributed by atoms with Crippen LogP contribution in [-0.2, 0) is 16.6 Å². The predicted molar refractivity (Wildman–Crippen MR) is 86.1 cm³/mol. The second-order valence-corrected chi connectivity index (χ2v) is 7.07. The fourth-order valence-corrected chi connectivity index (χ4v) is 3.85. The summed E-state index contributed by atoms with van der Waals surface area (Å²) in [4.78, 5) is 0.0675. The van der Waals surface area contributed by atoms with E-state index in [2.05, 4.69) is 0 Å². The van der Waals surface area contributed by atoms with Crippen molar-refractivity contribution in [2.45, 2.75) is 18.4 Å². The molecule has 112 valence electrons. The van der Waals surface area contributed by atoms with Gasteiger partial charge in [-0.3, -0.25) is 4.31 Å². The lowest BCUT2D eigenvalue weighted by Gasteiger charge is -2.22. The maximum atomic E-state index is 12.8. The Morgan fingerprint density at radius 1 is 1.19 bits per heavy atom. The van der Waals surface area contributed by atoms with E-state index in [9.17, 15) is 8.42 Å². The average molecular weight is 325 g/mol. The van der Waals surface area contributed by atoms with Crippen molar-refractivity contribution < 1.29 is 8.42 Å². The number of hydrogen-bond donors (Lipinski definition) is 1. The molecule has 2 aromatic rings. The first kappa shape index (κ1) is 15.8. The molecule has 0 aliphatic carbocycles. The number of aryl methyl sites for hydroxylation is 1. The molecule has 21 heavy (non-hydrogen) atoms. The molecular formula is C15H17ClN2O2S. The number of benzene rings is 2. The number of hydrogen-bond acceptors (Lipinski definition) is 3. The zero-order valence-electron chi connectivity index (χ0n) is 11.9. The highest BCUT2D eigenvalue weighted by Gasteiger charge is 2.25. The van der Waals surface area contributed by atoms with Gasteiger partial charge >= 0.3 is 0 Å². The van der Waals surface area contributed by atoms with E-state index in [4.69, 9.17) is 17.3 Å². The maximum Gasteiger partial charge on any atom is 0.265 e. The third-order valence-corrected chi connectivity index (χ3v) is 5.58. The topological polar surface area (TPSA) is 63.4 Å². The van der Waals surface area contributed by atoms with Crippen LogP contribution < -0.4 is 10.0 Å². The van der Waals surface area contributed by atoms with Crippen LogP contribution in [-0.4, -0.2) is 15.5 Å². The van der Waals surface area contributed by atoms with Gasteiger partial charge in [0.2, 0.25) is 0 Å². The minimum absolute atomic E-state index is 0.0675. The number of sulfonamides is 1. The fraction of sp³-hybridized carbons (Fsp3) is 0.200. The first-order chi connectivity index (χ1) is 9.87. The molecule has 0 aromatic heterocycles. The zero-order chi connectivity index (χ0) is 15.6. The van der Waals surface area contributed by atoms with Crippen LogP contribution in [0.3, 0.4) is 0 Å². The molecule has 2 N–H and O–H groups in total. The van der Waals surface area contributed by atoms with Crippen molar-refractivity contribution in [2.24, 2.45) is 5.73 Å². The van der Waals surface area contributed by atoms with Crippen molar-refractivity contribution in [3.05, 3.63) is 58.6 Å². The lowest BCUT2D eigenvalue weighted by molar-refractivity contribution is 0.594. The smallest absolute Gasteiger partial charge is 0.265 e. The number of halogens is 1. The Morgan fingerprint density at radius 3 is 2.48 bits per heavy atom. The van der Waals surface area contributed by atoms with Crippen LogP contribution in [0.25, 0.3) is 0 Å². The highest BCUT2D eigenvalue weighted by Crippen LogP contribution is 2.29. The van der Waals surface area contributed by atoms with Gasteiger partial charge in [0.05, 0.1) is 10.7 Å². The van der Waals surface area contributed by atoms with Gasteiger partial charge in [-0.15, -0.1) is 0 Å². The van der Waals surface area contributed by atoms with Gasteiger partial charge < -0.3 is 5.73 Å². The van der Waals surface area contributed by atoms with Crippen molar-refractivity contribution in [3.8, 4) is 0 Å². The van der Waals surface area contributed by atoms with Crippen LogP contribution in [0.4, 0.5) is 5.69 Å². The van der Waals surface area contributed by atoms with Gasteiger partial charge in [0.15, 0.2) is 0 Å².